The minimum absolute atomic E-state index is 0.00954. The normalized spacial score (nSPS) is 29.7. The molecule has 0 N–H and O–H groups in total. The van der Waals surface area contributed by atoms with Crippen molar-refractivity contribution in [1.82, 2.24) is 0 Å². The predicted molar refractivity (Wildman–Crippen MR) is 38.8 cm³/mol. The number of hydrogen-bond donors (Lipinski definition) is 0. The van der Waals surface area contributed by atoms with Gasteiger partial charge in [0.25, 0.3) is 5.92 Å². The van der Waals surface area contributed by atoms with Crippen LogP contribution in [0.15, 0.2) is 0 Å². The maximum Gasteiger partial charge on any atom is 0.273 e. The monoisotopic (exact) mass is 164 g/mol. The lowest BCUT2D eigenvalue weighted by Crippen LogP contribution is -2.31. The molecule has 0 amide bonds. The molecule has 1 unspecified atom stereocenters. The third-order valence-electron chi connectivity index (χ3n) is 1.88. The van der Waals surface area contributed by atoms with Gasteiger partial charge in [0, 0.05) is 6.42 Å². The summed E-state index contributed by atoms with van der Waals surface area (Å²) in [6, 6.07) is 0. The smallest absolute Gasteiger partial charge is 0.273 e. The molecule has 1 fully saturated rings. The third-order valence-corrected chi connectivity index (χ3v) is 1.88. The first-order valence-electron chi connectivity index (χ1n) is 4.05. The minimum atomic E-state index is -2.58. The molecule has 1 nitrogen and oxygen atoms in total. The standard InChI is InChI=1S/C8H14F2O/c1-6(2)11-7-4-3-5-8(7,9)10/h6-7H,3-5H2,1-2H3. The number of hydrogen-bond acceptors (Lipinski definition) is 1. The Bertz CT molecular complexity index is 134. The largest absolute Gasteiger partial charge is 0.369 e. The average Bonchev–Trinajstić information content (AvgIpc) is 2.10. The molecule has 0 saturated heterocycles. The first-order chi connectivity index (χ1) is 5.02. The van der Waals surface area contributed by atoms with Crippen LogP contribution in [-0.4, -0.2) is 18.1 Å². The van der Waals surface area contributed by atoms with E-state index in [4.69, 9.17) is 4.74 Å². The lowest BCUT2D eigenvalue weighted by Gasteiger charge is -2.21. The van der Waals surface area contributed by atoms with E-state index < -0.39 is 12.0 Å². The zero-order valence-corrected chi connectivity index (χ0v) is 6.94. The van der Waals surface area contributed by atoms with E-state index >= 15 is 0 Å². The predicted octanol–water partition coefficient (Wildman–Crippen LogP) is 2.60. The summed E-state index contributed by atoms with van der Waals surface area (Å²) in [6.07, 6.45) is 0.159. The van der Waals surface area contributed by atoms with Gasteiger partial charge in [-0.2, -0.15) is 0 Å². The molecule has 0 spiro atoms. The highest BCUT2D eigenvalue weighted by atomic mass is 19.3. The fraction of sp³-hybridized carbons (Fsp3) is 1.00. The van der Waals surface area contributed by atoms with E-state index in [-0.39, 0.29) is 12.5 Å². The number of ether oxygens (including phenoxy) is 1. The Kier molecular flexibility index (Phi) is 2.47. The second-order valence-electron chi connectivity index (χ2n) is 3.33. The molecule has 66 valence electrons. The highest BCUT2D eigenvalue weighted by Crippen LogP contribution is 2.37. The highest BCUT2D eigenvalue weighted by Gasteiger charge is 2.44. The molecule has 1 aliphatic rings. The van der Waals surface area contributed by atoms with Crippen LogP contribution in [0.1, 0.15) is 33.1 Å². The molecule has 1 rings (SSSR count). The van der Waals surface area contributed by atoms with Crippen molar-refractivity contribution in [2.24, 2.45) is 0 Å². The molecular weight excluding hydrogens is 150 g/mol. The van der Waals surface area contributed by atoms with Crippen molar-refractivity contribution in [2.75, 3.05) is 0 Å². The Balaban J connectivity index is 2.45. The van der Waals surface area contributed by atoms with Crippen LogP contribution in [0, 0.1) is 0 Å². The summed E-state index contributed by atoms with van der Waals surface area (Å²) in [4.78, 5) is 0. The molecule has 1 atom stereocenters. The lowest BCUT2D eigenvalue weighted by molar-refractivity contribution is -0.133. The van der Waals surface area contributed by atoms with E-state index in [1.165, 1.54) is 0 Å². The topological polar surface area (TPSA) is 9.23 Å². The van der Waals surface area contributed by atoms with Gasteiger partial charge in [-0.15, -0.1) is 0 Å². The molecule has 11 heavy (non-hydrogen) atoms. The maximum absolute atomic E-state index is 12.8. The summed E-state index contributed by atoms with van der Waals surface area (Å²) < 4.78 is 30.8. The van der Waals surface area contributed by atoms with Crippen molar-refractivity contribution in [3.05, 3.63) is 0 Å². The molecule has 0 aromatic heterocycles. The molecule has 0 radical (unpaired) electrons. The first kappa shape index (κ1) is 8.91. The van der Waals surface area contributed by atoms with Crippen molar-refractivity contribution >= 4 is 0 Å². The second-order valence-corrected chi connectivity index (χ2v) is 3.33. The van der Waals surface area contributed by atoms with Gasteiger partial charge in [0.05, 0.1) is 6.10 Å². The van der Waals surface area contributed by atoms with Crippen LogP contribution in [-0.2, 0) is 4.74 Å². The molecule has 1 saturated carbocycles. The van der Waals surface area contributed by atoms with Crippen LogP contribution in [0.3, 0.4) is 0 Å². The zero-order valence-electron chi connectivity index (χ0n) is 6.94. The molecule has 1 aliphatic carbocycles. The molecular formula is C8H14F2O. The van der Waals surface area contributed by atoms with Crippen LogP contribution in [0.4, 0.5) is 8.78 Å². The SMILES string of the molecule is CC(C)OC1CCCC1(F)F. The number of rotatable bonds is 2. The molecule has 3 heteroatoms. The van der Waals surface area contributed by atoms with Gasteiger partial charge in [0.2, 0.25) is 0 Å². The summed E-state index contributed by atoms with van der Waals surface area (Å²) in [5.74, 6) is -2.58. The quantitative estimate of drug-likeness (QED) is 0.609. The van der Waals surface area contributed by atoms with E-state index in [2.05, 4.69) is 0 Å². The zero-order chi connectivity index (χ0) is 8.48. The van der Waals surface area contributed by atoms with Gasteiger partial charge in [-0.25, -0.2) is 8.78 Å². The van der Waals surface area contributed by atoms with Crippen LogP contribution in [0.2, 0.25) is 0 Å². The Morgan fingerprint density at radius 3 is 2.45 bits per heavy atom. The van der Waals surface area contributed by atoms with Gasteiger partial charge in [-0.05, 0) is 26.7 Å². The van der Waals surface area contributed by atoms with E-state index in [0.717, 1.165) is 0 Å². The van der Waals surface area contributed by atoms with E-state index in [9.17, 15) is 8.78 Å². The summed E-state index contributed by atoms with van der Waals surface area (Å²) >= 11 is 0. The van der Waals surface area contributed by atoms with Crippen molar-refractivity contribution in [3.63, 3.8) is 0 Å². The van der Waals surface area contributed by atoms with E-state index in [1.54, 1.807) is 13.8 Å². The fourth-order valence-corrected chi connectivity index (χ4v) is 1.39. The molecule has 0 bridgehead atoms. The van der Waals surface area contributed by atoms with Crippen molar-refractivity contribution in [3.8, 4) is 0 Å². The van der Waals surface area contributed by atoms with Gasteiger partial charge >= 0.3 is 0 Å². The summed E-state index contributed by atoms with van der Waals surface area (Å²) in [5, 5.41) is 0. The van der Waals surface area contributed by atoms with Crippen LogP contribution in [0.5, 0.6) is 0 Å². The highest BCUT2D eigenvalue weighted by molar-refractivity contribution is 4.85. The van der Waals surface area contributed by atoms with Crippen LogP contribution < -0.4 is 0 Å². The van der Waals surface area contributed by atoms with Gasteiger partial charge in [0.1, 0.15) is 6.10 Å². The first-order valence-corrected chi connectivity index (χ1v) is 4.05. The summed E-state index contributed by atoms with van der Waals surface area (Å²) in [6.45, 7) is 3.57. The molecule has 0 aromatic rings. The van der Waals surface area contributed by atoms with Crippen molar-refractivity contribution in [2.45, 2.75) is 51.2 Å². The van der Waals surface area contributed by atoms with Gasteiger partial charge in [0.15, 0.2) is 0 Å². The maximum atomic E-state index is 12.8. The lowest BCUT2D eigenvalue weighted by atomic mass is 10.2. The average molecular weight is 164 g/mol. The van der Waals surface area contributed by atoms with E-state index in [0.29, 0.717) is 12.8 Å². The Morgan fingerprint density at radius 2 is 2.09 bits per heavy atom. The van der Waals surface area contributed by atoms with Crippen molar-refractivity contribution in [1.29, 1.82) is 0 Å². The fourth-order valence-electron chi connectivity index (χ4n) is 1.39. The summed E-state index contributed by atoms with van der Waals surface area (Å²) in [5.41, 5.74) is 0. The number of halogens is 2. The van der Waals surface area contributed by atoms with Crippen molar-refractivity contribution < 1.29 is 13.5 Å². The minimum Gasteiger partial charge on any atom is -0.369 e. The Hall–Kier alpha value is -0.180. The Morgan fingerprint density at radius 1 is 1.45 bits per heavy atom. The van der Waals surface area contributed by atoms with Gasteiger partial charge < -0.3 is 4.74 Å². The number of alkyl halides is 2. The van der Waals surface area contributed by atoms with Gasteiger partial charge in [-0.1, -0.05) is 0 Å². The molecule has 0 heterocycles. The second kappa shape index (κ2) is 3.05. The third kappa shape index (κ3) is 2.12. The molecule has 0 aliphatic heterocycles. The van der Waals surface area contributed by atoms with Crippen LogP contribution in [0.25, 0.3) is 0 Å². The molecule has 0 aromatic carbocycles. The summed E-state index contributed by atoms with van der Waals surface area (Å²) in [7, 11) is 0. The van der Waals surface area contributed by atoms with Crippen LogP contribution >= 0.6 is 0 Å². The van der Waals surface area contributed by atoms with Gasteiger partial charge in [-0.3, -0.25) is 0 Å². The Labute approximate surface area is 65.7 Å². The van der Waals surface area contributed by atoms with E-state index in [1.807, 2.05) is 0 Å².